The first-order valence-electron chi connectivity index (χ1n) is 8.90. The van der Waals surface area contributed by atoms with Crippen molar-refractivity contribution < 1.29 is 9.53 Å². The minimum Gasteiger partial charge on any atom is -0.383 e. The maximum absolute atomic E-state index is 12.5. The first-order valence-corrected chi connectivity index (χ1v) is 9.65. The third kappa shape index (κ3) is 6.01. The van der Waals surface area contributed by atoms with Gasteiger partial charge < -0.3 is 15.0 Å². The van der Waals surface area contributed by atoms with Gasteiger partial charge in [-0.15, -0.1) is 0 Å². The molecule has 9 heteroatoms. The number of aromatic amines is 1. The highest BCUT2D eigenvalue weighted by Crippen LogP contribution is 2.22. The molecule has 0 radical (unpaired) electrons. The third-order valence-corrected chi connectivity index (χ3v) is 4.60. The number of carbonyl (C=O) groups is 1. The van der Waals surface area contributed by atoms with Gasteiger partial charge in [0.25, 0.3) is 5.56 Å². The molecule has 0 aliphatic carbocycles. The van der Waals surface area contributed by atoms with Gasteiger partial charge in [-0.3, -0.25) is 14.5 Å². The minimum absolute atomic E-state index is 0.0734. The number of carbonyl (C=O) groups excluding carboxylic acids is 1. The van der Waals surface area contributed by atoms with Crippen LogP contribution in [0.3, 0.4) is 0 Å². The number of anilines is 1. The summed E-state index contributed by atoms with van der Waals surface area (Å²) in [5, 5.41) is 4.16. The van der Waals surface area contributed by atoms with Crippen LogP contribution < -0.4 is 10.9 Å². The molecule has 0 saturated carbocycles. The fraction of sp³-hybridized carbons (Fsp3) is 0.250. The summed E-state index contributed by atoms with van der Waals surface area (Å²) in [5.74, 6) is 0.228. The first kappa shape index (κ1) is 21.3. The standard InChI is InChI=1S/C20H20Cl2N4O3/c1-29-7-6-26(12-19(27)23-15-9-13(21)8-14(22)10-15)11-18-24-17-5-3-2-4-16(17)20(28)25-18/h2-5,8-10H,6-7,11-12H2,1H3,(H,23,27)(H,24,25,28). The summed E-state index contributed by atoms with van der Waals surface area (Å²) < 4.78 is 5.13. The Bertz CT molecular complexity index is 1050. The van der Waals surface area contributed by atoms with Crippen LogP contribution in [0.1, 0.15) is 5.82 Å². The van der Waals surface area contributed by atoms with Crippen molar-refractivity contribution in [2.75, 3.05) is 32.1 Å². The van der Waals surface area contributed by atoms with E-state index >= 15 is 0 Å². The van der Waals surface area contributed by atoms with Crippen molar-refractivity contribution in [2.24, 2.45) is 0 Å². The molecule has 1 aromatic heterocycles. The zero-order valence-electron chi connectivity index (χ0n) is 15.7. The van der Waals surface area contributed by atoms with Gasteiger partial charge in [-0.2, -0.15) is 0 Å². The van der Waals surface area contributed by atoms with Crippen LogP contribution in [0.25, 0.3) is 10.9 Å². The fourth-order valence-corrected chi connectivity index (χ4v) is 3.41. The van der Waals surface area contributed by atoms with E-state index in [1.54, 1.807) is 43.5 Å². The number of hydrogen-bond acceptors (Lipinski definition) is 5. The molecule has 0 fully saturated rings. The molecule has 0 unspecified atom stereocenters. The summed E-state index contributed by atoms with van der Waals surface area (Å²) in [7, 11) is 1.59. The van der Waals surface area contributed by atoms with Crippen LogP contribution >= 0.6 is 23.2 Å². The number of nitrogens with zero attached hydrogens (tertiary/aromatic N) is 2. The Hall–Kier alpha value is -2.45. The lowest BCUT2D eigenvalue weighted by atomic mass is 10.2. The lowest BCUT2D eigenvalue weighted by molar-refractivity contribution is -0.117. The molecular weight excluding hydrogens is 415 g/mol. The largest absolute Gasteiger partial charge is 0.383 e. The van der Waals surface area contributed by atoms with E-state index in [-0.39, 0.29) is 24.6 Å². The Morgan fingerprint density at radius 1 is 1.21 bits per heavy atom. The number of halogens is 2. The highest BCUT2D eigenvalue weighted by molar-refractivity contribution is 6.35. The molecule has 0 bridgehead atoms. The number of hydrogen-bond donors (Lipinski definition) is 2. The first-order chi connectivity index (χ1) is 13.9. The molecule has 2 aromatic carbocycles. The van der Waals surface area contributed by atoms with E-state index in [4.69, 9.17) is 27.9 Å². The molecule has 1 heterocycles. The molecular formula is C20H20Cl2N4O3. The van der Waals surface area contributed by atoms with Gasteiger partial charge in [0.05, 0.1) is 30.6 Å². The van der Waals surface area contributed by atoms with E-state index in [0.717, 1.165) is 0 Å². The van der Waals surface area contributed by atoms with E-state index in [9.17, 15) is 9.59 Å². The topological polar surface area (TPSA) is 87.3 Å². The second kappa shape index (κ2) is 9.84. The van der Waals surface area contributed by atoms with Gasteiger partial charge in [0.1, 0.15) is 5.82 Å². The average Bonchev–Trinajstić information content (AvgIpc) is 2.65. The second-order valence-electron chi connectivity index (χ2n) is 6.44. The van der Waals surface area contributed by atoms with Crippen molar-refractivity contribution in [1.82, 2.24) is 14.9 Å². The number of aromatic nitrogens is 2. The molecule has 0 atom stereocenters. The molecule has 2 N–H and O–H groups in total. The van der Waals surface area contributed by atoms with E-state index in [2.05, 4.69) is 15.3 Å². The van der Waals surface area contributed by atoms with Crippen LogP contribution in [-0.4, -0.2) is 47.6 Å². The van der Waals surface area contributed by atoms with Gasteiger partial charge in [-0.25, -0.2) is 4.98 Å². The molecule has 0 saturated heterocycles. The molecule has 0 spiro atoms. The van der Waals surface area contributed by atoms with Crippen LogP contribution in [0, 0.1) is 0 Å². The maximum atomic E-state index is 12.5. The van der Waals surface area contributed by atoms with E-state index in [1.165, 1.54) is 0 Å². The Balaban J connectivity index is 1.73. The number of ether oxygens (including phenoxy) is 1. The zero-order valence-corrected chi connectivity index (χ0v) is 17.3. The van der Waals surface area contributed by atoms with Crippen molar-refractivity contribution >= 4 is 45.7 Å². The number of amides is 1. The number of methoxy groups -OCH3 is 1. The highest BCUT2D eigenvalue weighted by Gasteiger charge is 2.14. The number of H-pyrrole nitrogens is 1. The number of benzene rings is 2. The Morgan fingerprint density at radius 2 is 1.93 bits per heavy atom. The van der Waals surface area contributed by atoms with Gasteiger partial charge in [0.15, 0.2) is 0 Å². The van der Waals surface area contributed by atoms with Crippen molar-refractivity contribution in [3.8, 4) is 0 Å². The SMILES string of the molecule is COCCN(CC(=O)Nc1cc(Cl)cc(Cl)c1)Cc1nc2ccccc2c(=O)[nH]1. The van der Waals surface area contributed by atoms with Crippen LogP contribution in [0.4, 0.5) is 5.69 Å². The van der Waals surface area contributed by atoms with Crippen molar-refractivity contribution in [1.29, 1.82) is 0 Å². The van der Waals surface area contributed by atoms with Crippen molar-refractivity contribution in [3.05, 3.63) is 68.7 Å². The van der Waals surface area contributed by atoms with Gasteiger partial charge in [-0.05, 0) is 30.3 Å². The second-order valence-corrected chi connectivity index (χ2v) is 7.31. The molecule has 0 aliphatic heterocycles. The Labute approximate surface area is 177 Å². The third-order valence-electron chi connectivity index (χ3n) is 4.16. The summed E-state index contributed by atoms with van der Waals surface area (Å²) in [6.45, 7) is 1.27. The molecule has 3 rings (SSSR count). The van der Waals surface area contributed by atoms with Gasteiger partial charge in [0.2, 0.25) is 5.91 Å². The maximum Gasteiger partial charge on any atom is 0.258 e. The average molecular weight is 435 g/mol. The summed E-state index contributed by atoms with van der Waals surface area (Å²) in [5.41, 5.74) is 0.905. The van der Waals surface area contributed by atoms with Gasteiger partial charge in [-0.1, -0.05) is 35.3 Å². The number of fused-ring (bicyclic) bond motifs is 1. The summed E-state index contributed by atoms with van der Waals surface area (Å²) in [6, 6.07) is 11.9. The van der Waals surface area contributed by atoms with Gasteiger partial charge in [0, 0.05) is 29.4 Å². The zero-order chi connectivity index (χ0) is 20.8. The quantitative estimate of drug-likeness (QED) is 0.567. The number of nitrogens with one attached hydrogen (secondary N) is 2. The smallest absolute Gasteiger partial charge is 0.258 e. The fourth-order valence-electron chi connectivity index (χ4n) is 2.89. The lowest BCUT2D eigenvalue weighted by Crippen LogP contribution is -2.36. The summed E-state index contributed by atoms with van der Waals surface area (Å²) in [4.78, 5) is 33.9. The molecule has 3 aromatic rings. The van der Waals surface area contributed by atoms with Crippen LogP contribution in [-0.2, 0) is 16.1 Å². The predicted molar refractivity (Wildman–Crippen MR) is 115 cm³/mol. The molecule has 1 amide bonds. The van der Waals surface area contributed by atoms with Crippen LogP contribution in [0.2, 0.25) is 10.0 Å². The van der Waals surface area contributed by atoms with E-state index in [1.807, 2.05) is 11.0 Å². The van der Waals surface area contributed by atoms with Crippen molar-refractivity contribution in [2.45, 2.75) is 6.54 Å². The van der Waals surface area contributed by atoms with Crippen LogP contribution in [0.5, 0.6) is 0 Å². The number of para-hydroxylation sites is 1. The predicted octanol–water partition coefficient (Wildman–Crippen LogP) is 3.32. The van der Waals surface area contributed by atoms with Crippen LogP contribution in [0.15, 0.2) is 47.3 Å². The Kier molecular flexibility index (Phi) is 7.22. The van der Waals surface area contributed by atoms with Gasteiger partial charge >= 0.3 is 0 Å². The van der Waals surface area contributed by atoms with E-state index in [0.29, 0.717) is 45.6 Å². The normalized spacial score (nSPS) is 11.2. The lowest BCUT2D eigenvalue weighted by Gasteiger charge is -2.21. The number of rotatable bonds is 8. The molecule has 29 heavy (non-hydrogen) atoms. The monoisotopic (exact) mass is 434 g/mol. The summed E-state index contributed by atoms with van der Waals surface area (Å²) >= 11 is 11.9. The summed E-state index contributed by atoms with van der Waals surface area (Å²) in [6.07, 6.45) is 0. The Morgan fingerprint density at radius 3 is 2.66 bits per heavy atom. The highest BCUT2D eigenvalue weighted by atomic mass is 35.5. The molecule has 152 valence electrons. The molecule has 0 aliphatic rings. The van der Waals surface area contributed by atoms with Crippen molar-refractivity contribution in [3.63, 3.8) is 0 Å². The minimum atomic E-state index is -0.248. The molecule has 7 nitrogen and oxygen atoms in total. The van der Waals surface area contributed by atoms with E-state index < -0.39 is 0 Å².